The van der Waals surface area contributed by atoms with Crippen LogP contribution < -0.4 is 10.6 Å². The molecule has 0 radical (unpaired) electrons. The van der Waals surface area contributed by atoms with E-state index in [-0.39, 0.29) is 24.4 Å². The summed E-state index contributed by atoms with van der Waals surface area (Å²) in [5.74, 6) is 0.550. The Morgan fingerprint density at radius 3 is 2.68 bits per heavy atom. The first-order valence-corrected chi connectivity index (χ1v) is 14.0. The Morgan fingerprint density at radius 2 is 1.90 bits per heavy atom. The smallest absolute Gasteiger partial charge is 0.244 e. The van der Waals surface area contributed by atoms with Gasteiger partial charge in [0, 0.05) is 61.8 Å². The van der Waals surface area contributed by atoms with Crippen molar-refractivity contribution in [3.05, 3.63) is 71.1 Å². The number of rotatable bonds is 7. The van der Waals surface area contributed by atoms with Crippen LogP contribution in [0.5, 0.6) is 0 Å². The molecule has 5 heterocycles. The molecule has 0 unspecified atom stereocenters. The summed E-state index contributed by atoms with van der Waals surface area (Å²) >= 11 is 0. The van der Waals surface area contributed by atoms with Gasteiger partial charge < -0.3 is 20.4 Å². The number of benzene rings is 1. The van der Waals surface area contributed by atoms with Gasteiger partial charge in [-0.15, -0.1) is 5.10 Å². The topological polar surface area (TPSA) is 150 Å². The van der Waals surface area contributed by atoms with Gasteiger partial charge in [-0.25, -0.2) is 9.97 Å². The van der Waals surface area contributed by atoms with Crippen molar-refractivity contribution >= 4 is 17.8 Å². The van der Waals surface area contributed by atoms with Crippen LogP contribution in [0.4, 0.5) is 5.95 Å². The fourth-order valence-electron chi connectivity index (χ4n) is 5.84. The van der Waals surface area contributed by atoms with Crippen LogP contribution in [0.3, 0.4) is 0 Å². The minimum atomic E-state index is -0.0501. The largest absolute Gasteiger partial charge is 0.351 e. The Hall–Kier alpha value is -4.65. The van der Waals surface area contributed by atoms with Gasteiger partial charge in [0.05, 0.1) is 31.0 Å². The average molecular weight is 554 g/mol. The molecule has 2 aliphatic heterocycles. The summed E-state index contributed by atoms with van der Waals surface area (Å²) in [5.41, 5.74) is 6.81. The van der Waals surface area contributed by atoms with E-state index in [2.05, 4.69) is 60.3 Å². The molecule has 0 atom stereocenters. The Kier molecular flexibility index (Phi) is 6.63. The summed E-state index contributed by atoms with van der Waals surface area (Å²) in [6, 6.07) is 8.75. The molecule has 210 valence electrons. The maximum atomic E-state index is 13.2. The molecular weight excluding hydrogens is 522 g/mol. The fraction of sp³-hybridized carbons (Fsp3) is 0.393. The van der Waals surface area contributed by atoms with Crippen molar-refractivity contribution < 1.29 is 9.59 Å². The summed E-state index contributed by atoms with van der Waals surface area (Å²) in [4.78, 5) is 38.5. The van der Waals surface area contributed by atoms with Crippen LogP contribution >= 0.6 is 0 Å². The first-order valence-electron chi connectivity index (χ1n) is 14.0. The third-order valence-corrected chi connectivity index (χ3v) is 8.04. The lowest BCUT2D eigenvalue weighted by atomic mass is 10.1. The quantitative estimate of drug-likeness (QED) is 0.298. The molecule has 3 aromatic heterocycles. The summed E-state index contributed by atoms with van der Waals surface area (Å²) in [6.07, 6.45) is 7.99. The van der Waals surface area contributed by atoms with Crippen LogP contribution in [0.15, 0.2) is 42.9 Å². The van der Waals surface area contributed by atoms with E-state index in [9.17, 15) is 9.59 Å². The van der Waals surface area contributed by atoms with E-state index in [1.165, 1.54) is 11.1 Å². The van der Waals surface area contributed by atoms with Gasteiger partial charge in [-0.2, -0.15) is 5.10 Å². The molecule has 13 nitrogen and oxygen atoms in total. The van der Waals surface area contributed by atoms with Crippen LogP contribution in [0.25, 0.3) is 11.1 Å². The minimum absolute atomic E-state index is 0.0258. The molecule has 0 saturated carbocycles. The predicted octanol–water partition coefficient (Wildman–Crippen LogP) is 0.554. The highest BCUT2D eigenvalue weighted by Gasteiger charge is 2.26. The normalized spacial score (nSPS) is 17.0. The number of carbonyl (C=O) groups is 2. The number of hydrogen-bond acceptors (Lipinski definition) is 9. The van der Waals surface area contributed by atoms with Crippen molar-refractivity contribution in [2.45, 2.75) is 44.9 Å². The molecule has 3 aliphatic rings. The molecule has 13 heteroatoms. The van der Waals surface area contributed by atoms with Gasteiger partial charge in [-0.3, -0.25) is 19.4 Å². The van der Waals surface area contributed by atoms with Crippen molar-refractivity contribution in [2.75, 3.05) is 31.5 Å². The number of H-pyrrole nitrogens is 1. The van der Waals surface area contributed by atoms with E-state index in [0.29, 0.717) is 50.8 Å². The van der Waals surface area contributed by atoms with Gasteiger partial charge >= 0.3 is 0 Å². The van der Waals surface area contributed by atoms with Gasteiger partial charge in [-0.05, 0) is 24.0 Å². The number of anilines is 1. The fourth-order valence-corrected chi connectivity index (χ4v) is 5.84. The number of nitrogens with zero attached hydrogens (tertiary/aromatic N) is 8. The van der Waals surface area contributed by atoms with Crippen LogP contribution in [-0.4, -0.2) is 89.0 Å². The van der Waals surface area contributed by atoms with E-state index >= 15 is 0 Å². The molecule has 7 rings (SSSR count). The Balaban J connectivity index is 1.09. The highest BCUT2D eigenvalue weighted by molar-refractivity contribution is 5.79. The van der Waals surface area contributed by atoms with Crippen molar-refractivity contribution in [3.8, 4) is 11.1 Å². The number of piperazine rings is 1. The van der Waals surface area contributed by atoms with E-state index in [1.54, 1.807) is 26.9 Å². The minimum Gasteiger partial charge on any atom is -0.351 e. The number of aromatic amines is 1. The number of amides is 2. The monoisotopic (exact) mass is 553 g/mol. The second-order valence-corrected chi connectivity index (χ2v) is 10.8. The van der Waals surface area contributed by atoms with Crippen LogP contribution in [0, 0.1) is 0 Å². The van der Waals surface area contributed by atoms with Gasteiger partial charge in [-0.1, -0.05) is 29.5 Å². The number of nitrogens with one attached hydrogen (secondary N) is 3. The molecule has 4 aromatic rings. The molecule has 1 saturated heterocycles. The zero-order valence-electron chi connectivity index (χ0n) is 22.6. The van der Waals surface area contributed by atoms with E-state index < -0.39 is 0 Å². The van der Waals surface area contributed by atoms with Gasteiger partial charge in [0.2, 0.25) is 17.8 Å². The highest BCUT2D eigenvalue weighted by atomic mass is 16.2. The number of fused-ring (bicyclic) bond motifs is 2. The molecule has 1 aromatic carbocycles. The third-order valence-electron chi connectivity index (χ3n) is 8.04. The van der Waals surface area contributed by atoms with Crippen molar-refractivity contribution in [3.63, 3.8) is 0 Å². The summed E-state index contributed by atoms with van der Waals surface area (Å²) < 4.78 is 1.65. The van der Waals surface area contributed by atoms with Crippen molar-refractivity contribution in [1.82, 2.24) is 50.3 Å². The number of aromatic nitrogens is 7. The molecule has 1 aliphatic carbocycles. The lowest BCUT2D eigenvalue weighted by molar-refractivity contribution is -0.133. The molecule has 2 amide bonds. The Labute approximate surface area is 236 Å². The van der Waals surface area contributed by atoms with Gasteiger partial charge in [0.15, 0.2) is 0 Å². The third kappa shape index (κ3) is 5.27. The lowest BCUT2D eigenvalue weighted by Crippen LogP contribution is -2.47. The summed E-state index contributed by atoms with van der Waals surface area (Å²) in [5, 5.41) is 22.2. The standard InChI is InChI=1S/C28H31N11O2/c40-26-13-29-6-8-38(26)15-24-22(14-39(35-24)17-27(41)37-7-5-23-25(16-37)34-36-33-23)20-11-30-28(31-12-20)32-21-9-18-3-1-2-4-19(18)10-21/h1-4,11-12,14,21,29H,5-10,13,15-17H2,(H,30,31,32)(H,33,34,36). The predicted molar refractivity (Wildman–Crippen MR) is 148 cm³/mol. The molecule has 3 N–H and O–H groups in total. The zero-order valence-corrected chi connectivity index (χ0v) is 22.6. The first kappa shape index (κ1) is 25.3. The van der Waals surface area contributed by atoms with E-state index in [0.717, 1.165) is 41.9 Å². The van der Waals surface area contributed by atoms with Gasteiger partial charge in [0.1, 0.15) is 12.2 Å². The Morgan fingerprint density at radius 1 is 1.10 bits per heavy atom. The maximum absolute atomic E-state index is 13.2. The average Bonchev–Trinajstić information content (AvgIpc) is 3.72. The zero-order chi connectivity index (χ0) is 27.8. The summed E-state index contributed by atoms with van der Waals surface area (Å²) in [7, 11) is 0. The van der Waals surface area contributed by atoms with E-state index in [4.69, 9.17) is 5.10 Å². The van der Waals surface area contributed by atoms with Crippen molar-refractivity contribution in [1.29, 1.82) is 0 Å². The second kappa shape index (κ2) is 10.7. The molecular formula is C28H31N11O2. The molecule has 0 bridgehead atoms. The van der Waals surface area contributed by atoms with Crippen molar-refractivity contribution in [2.24, 2.45) is 0 Å². The SMILES string of the molecule is O=C1CNCCN1Cc1nn(CC(=O)N2CCc3[nH]nnc3C2)cc1-c1cnc(NC2Cc3ccccc3C2)nc1. The Bertz CT molecular complexity index is 1550. The first-order chi connectivity index (χ1) is 20.1. The number of hydrogen-bond donors (Lipinski definition) is 3. The molecule has 1 fully saturated rings. The summed E-state index contributed by atoms with van der Waals surface area (Å²) in [6.45, 7) is 3.09. The van der Waals surface area contributed by atoms with Gasteiger partial charge in [0.25, 0.3) is 0 Å². The van der Waals surface area contributed by atoms with Crippen LogP contribution in [-0.2, 0) is 48.5 Å². The molecule has 0 spiro atoms. The lowest BCUT2D eigenvalue weighted by Gasteiger charge is -2.27. The second-order valence-electron chi connectivity index (χ2n) is 10.8. The van der Waals surface area contributed by atoms with Crippen LogP contribution in [0.2, 0.25) is 0 Å². The van der Waals surface area contributed by atoms with Crippen LogP contribution in [0.1, 0.15) is 28.2 Å². The molecule has 41 heavy (non-hydrogen) atoms. The highest BCUT2D eigenvalue weighted by Crippen LogP contribution is 2.26. The van der Waals surface area contributed by atoms with E-state index in [1.807, 2.05) is 6.20 Å². The maximum Gasteiger partial charge on any atom is 0.244 e. The number of carbonyl (C=O) groups excluding carboxylic acids is 2.